The van der Waals surface area contributed by atoms with Crippen molar-refractivity contribution in [3.8, 4) is 0 Å². The Morgan fingerprint density at radius 1 is 0.941 bits per heavy atom. The number of hydrogen-bond acceptors (Lipinski definition) is 0. The van der Waals surface area contributed by atoms with Gasteiger partial charge in [-0.15, -0.1) is 0 Å². The molecule has 1 rings (SSSR count). The van der Waals surface area contributed by atoms with E-state index in [4.69, 9.17) is 0 Å². The van der Waals surface area contributed by atoms with E-state index in [1.165, 1.54) is 43.2 Å². The SMILES string of the molecule is CCCCCCC(C)c1cccc(C(C)C)c1. The Balaban J connectivity index is 2.50. The Morgan fingerprint density at radius 2 is 1.65 bits per heavy atom. The van der Waals surface area contributed by atoms with Crippen molar-refractivity contribution >= 4 is 0 Å². The number of unbranched alkanes of at least 4 members (excludes halogenated alkanes) is 3. The molecule has 0 saturated heterocycles. The second-order valence-corrected chi connectivity index (χ2v) is 5.58. The van der Waals surface area contributed by atoms with Gasteiger partial charge in [-0.2, -0.15) is 0 Å². The lowest BCUT2D eigenvalue weighted by atomic mass is 9.91. The van der Waals surface area contributed by atoms with Gasteiger partial charge in [-0.3, -0.25) is 0 Å². The lowest BCUT2D eigenvalue weighted by Crippen LogP contribution is -1.96. The first kappa shape index (κ1) is 14.3. The lowest BCUT2D eigenvalue weighted by molar-refractivity contribution is 0.579. The number of rotatable bonds is 7. The van der Waals surface area contributed by atoms with Crippen LogP contribution in [0.1, 0.15) is 82.8 Å². The number of benzene rings is 1. The van der Waals surface area contributed by atoms with E-state index in [9.17, 15) is 0 Å². The molecule has 1 atom stereocenters. The maximum atomic E-state index is 2.40. The lowest BCUT2D eigenvalue weighted by Gasteiger charge is -2.14. The van der Waals surface area contributed by atoms with Gasteiger partial charge in [0.15, 0.2) is 0 Å². The van der Waals surface area contributed by atoms with Gasteiger partial charge in [-0.1, -0.05) is 77.6 Å². The predicted molar refractivity (Wildman–Crippen MR) is 77.7 cm³/mol. The Bertz CT molecular complexity index is 312. The minimum Gasteiger partial charge on any atom is -0.0654 e. The minimum absolute atomic E-state index is 0.641. The monoisotopic (exact) mass is 232 g/mol. The summed E-state index contributed by atoms with van der Waals surface area (Å²) < 4.78 is 0. The highest BCUT2D eigenvalue weighted by atomic mass is 14.1. The maximum Gasteiger partial charge on any atom is -0.0190 e. The molecule has 0 amide bonds. The molecular weight excluding hydrogens is 204 g/mol. The molecule has 1 aromatic carbocycles. The van der Waals surface area contributed by atoms with Crippen LogP contribution in [-0.2, 0) is 0 Å². The highest BCUT2D eigenvalue weighted by Crippen LogP contribution is 2.25. The summed E-state index contributed by atoms with van der Waals surface area (Å²) in [7, 11) is 0. The van der Waals surface area contributed by atoms with Crippen LogP contribution in [0.4, 0.5) is 0 Å². The molecule has 0 aliphatic heterocycles. The van der Waals surface area contributed by atoms with Crippen LogP contribution in [0, 0.1) is 0 Å². The third kappa shape index (κ3) is 4.93. The fourth-order valence-corrected chi connectivity index (χ4v) is 2.27. The summed E-state index contributed by atoms with van der Waals surface area (Å²) in [5, 5.41) is 0. The van der Waals surface area contributed by atoms with Crippen LogP contribution in [0.3, 0.4) is 0 Å². The van der Waals surface area contributed by atoms with Crippen LogP contribution in [0.15, 0.2) is 24.3 Å². The first-order valence-corrected chi connectivity index (χ1v) is 7.25. The van der Waals surface area contributed by atoms with E-state index in [2.05, 4.69) is 52.0 Å². The van der Waals surface area contributed by atoms with Crippen molar-refractivity contribution in [1.29, 1.82) is 0 Å². The van der Waals surface area contributed by atoms with Gasteiger partial charge < -0.3 is 0 Å². The molecule has 1 aromatic rings. The quantitative estimate of drug-likeness (QED) is 0.515. The molecule has 96 valence electrons. The van der Waals surface area contributed by atoms with Crippen LogP contribution in [0.5, 0.6) is 0 Å². The minimum atomic E-state index is 0.641. The maximum absolute atomic E-state index is 2.40. The second-order valence-electron chi connectivity index (χ2n) is 5.58. The zero-order valence-electron chi connectivity index (χ0n) is 12.0. The van der Waals surface area contributed by atoms with Crippen molar-refractivity contribution in [3.63, 3.8) is 0 Å². The van der Waals surface area contributed by atoms with E-state index < -0.39 is 0 Å². The normalized spacial score (nSPS) is 13.0. The molecule has 0 heterocycles. The molecule has 0 spiro atoms. The third-order valence-electron chi connectivity index (χ3n) is 3.64. The molecule has 0 radical (unpaired) electrons. The van der Waals surface area contributed by atoms with E-state index in [1.54, 1.807) is 0 Å². The summed E-state index contributed by atoms with van der Waals surface area (Å²) in [4.78, 5) is 0. The molecule has 0 aliphatic carbocycles. The van der Waals surface area contributed by atoms with E-state index in [0.717, 1.165) is 0 Å². The molecule has 1 unspecified atom stereocenters. The highest BCUT2D eigenvalue weighted by molar-refractivity contribution is 5.27. The molecular formula is C17H28. The van der Waals surface area contributed by atoms with Gasteiger partial charge in [-0.05, 0) is 29.4 Å². The van der Waals surface area contributed by atoms with Gasteiger partial charge in [0.25, 0.3) is 0 Å². The Kier molecular flexibility index (Phi) is 6.32. The van der Waals surface area contributed by atoms with Crippen molar-refractivity contribution in [2.45, 2.75) is 71.6 Å². The molecule has 0 fully saturated rings. The Morgan fingerprint density at radius 3 is 2.29 bits per heavy atom. The van der Waals surface area contributed by atoms with Gasteiger partial charge in [0.2, 0.25) is 0 Å². The fourth-order valence-electron chi connectivity index (χ4n) is 2.27. The van der Waals surface area contributed by atoms with E-state index in [0.29, 0.717) is 11.8 Å². The average molecular weight is 232 g/mol. The van der Waals surface area contributed by atoms with Gasteiger partial charge in [-0.25, -0.2) is 0 Å². The summed E-state index contributed by atoms with van der Waals surface area (Å²) in [6, 6.07) is 9.15. The van der Waals surface area contributed by atoms with Crippen LogP contribution in [0.25, 0.3) is 0 Å². The standard InChI is InChI=1S/C17H28/c1-5-6-7-8-10-15(4)17-12-9-11-16(13-17)14(2)3/h9,11-15H,5-8,10H2,1-4H3. The molecule has 0 aromatic heterocycles. The van der Waals surface area contributed by atoms with Gasteiger partial charge >= 0.3 is 0 Å². The zero-order chi connectivity index (χ0) is 12.7. The summed E-state index contributed by atoms with van der Waals surface area (Å²) in [6.45, 7) is 9.18. The van der Waals surface area contributed by atoms with Crippen LogP contribution in [-0.4, -0.2) is 0 Å². The first-order chi connectivity index (χ1) is 8.15. The summed E-state index contributed by atoms with van der Waals surface area (Å²) >= 11 is 0. The van der Waals surface area contributed by atoms with E-state index in [-0.39, 0.29) is 0 Å². The van der Waals surface area contributed by atoms with Crippen LogP contribution >= 0.6 is 0 Å². The smallest absolute Gasteiger partial charge is 0.0190 e. The molecule has 0 bridgehead atoms. The third-order valence-corrected chi connectivity index (χ3v) is 3.64. The molecule has 0 nitrogen and oxygen atoms in total. The highest BCUT2D eigenvalue weighted by Gasteiger charge is 2.07. The second kappa shape index (κ2) is 7.53. The summed E-state index contributed by atoms with van der Waals surface area (Å²) in [5.41, 5.74) is 3.00. The Hall–Kier alpha value is -0.780. The van der Waals surface area contributed by atoms with Gasteiger partial charge in [0.05, 0.1) is 0 Å². The fraction of sp³-hybridized carbons (Fsp3) is 0.647. The number of hydrogen-bond donors (Lipinski definition) is 0. The van der Waals surface area contributed by atoms with Crippen LogP contribution < -0.4 is 0 Å². The predicted octanol–water partition coefficient (Wildman–Crippen LogP) is 5.88. The van der Waals surface area contributed by atoms with E-state index in [1.807, 2.05) is 0 Å². The van der Waals surface area contributed by atoms with Gasteiger partial charge in [0, 0.05) is 0 Å². The van der Waals surface area contributed by atoms with Crippen molar-refractivity contribution in [1.82, 2.24) is 0 Å². The molecule has 0 heteroatoms. The topological polar surface area (TPSA) is 0 Å². The zero-order valence-corrected chi connectivity index (χ0v) is 12.0. The molecule has 0 aliphatic rings. The molecule has 17 heavy (non-hydrogen) atoms. The summed E-state index contributed by atoms with van der Waals surface area (Å²) in [6.07, 6.45) is 6.82. The van der Waals surface area contributed by atoms with Gasteiger partial charge in [0.1, 0.15) is 0 Å². The van der Waals surface area contributed by atoms with E-state index >= 15 is 0 Å². The molecule has 0 N–H and O–H groups in total. The largest absolute Gasteiger partial charge is 0.0654 e. The van der Waals surface area contributed by atoms with Crippen molar-refractivity contribution in [3.05, 3.63) is 35.4 Å². The average Bonchev–Trinajstić information content (AvgIpc) is 2.34. The van der Waals surface area contributed by atoms with Crippen molar-refractivity contribution in [2.75, 3.05) is 0 Å². The first-order valence-electron chi connectivity index (χ1n) is 7.25. The van der Waals surface area contributed by atoms with Crippen molar-refractivity contribution < 1.29 is 0 Å². The van der Waals surface area contributed by atoms with Crippen molar-refractivity contribution in [2.24, 2.45) is 0 Å². The Labute approximate surface area is 107 Å². The molecule has 0 saturated carbocycles. The van der Waals surface area contributed by atoms with Crippen LogP contribution in [0.2, 0.25) is 0 Å². The summed E-state index contributed by atoms with van der Waals surface area (Å²) in [5.74, 6) is 1.35.